The highest BCUT2D eigenvalue weighted by Gasteiger charge is 2.05. The predicted octanol–water partition coefficient (Wildman–Crippen LogP) is 0.716. The molecule has 0 unspecified atom stereocenters. The molecule has 0 radical (unpaired) electrons. The molecule has 0 atom stereocenters. The van der Waals surface area contributed by atoms with Crippen LogP contribution < -0.4 is 5.32 Å². The van der Waals surface area contributed by atoms with Gasteiger partial charge in [-0.25, -0.2) is 4.68 Å². The number of aromatic nitrogens is 4. The highest BCUT2D eigenvalue weighted by molar-refractivity contribution is 7.99. The van der Waals surface area contributed by atoms with Crippen molar-refractivity contribution in [2.45, 2.75) is 31.5 Å². The molecule has 1 rings (SSSR count). The van der Waals surface area contributed by atoms with Gasteiger partial charge < -0.3 is 10.2 Å². The summed E-state index contributed by atoms with van der Waals surface area (Å²) in [6, 6.07) is 0. The van der Waals surface area contributed by atoms with Crippen molar-refractivity contribution in [2.24, 2.45) is 0 Å². The van der Waals surface area contributed by atoms with Crippen molar-refractivity contribution in [1.29, 1.82) is 0 Å². The van der Waals surface area contributed by atoms with E-state index in [4.69, 9.17) is 0 Å². The van der Waals surface area contributed by atoms with Crippen LogP contribution in [0.5, 0.6) is 0 Å². The second kappa shape index (κ2) is 9.29. The third-order valence-electron chi connectivity index (χ3n) is 2.41. The quantitative estimate of drug-likeness (QED) is 0.500. The standard InChI is InChI=1S/C11H24N6S/c1-4-6-12-7-9-17-11(13-14-15-17)18-10-5-8-16(2)3/h12H,4-10H2,1-3H3. The Morgan fingerprint density at radius 1 is 1.33 bits per heavy atom. The predicted molar refractivity (Wildman–Crippen MR) is 74.9 cm³/mol. The molecule has 1 heterocycles. The lowest BCUT2D eigenvalue weighted by molar-refractivity contribution is 0.410. The molecule has 0 spiro atoms. The molecule has 0 amide bonds. The lowest BCUT2D eigenvalue weighted by atomic mass is 10.5. The molecule has 6 nitrogen and oxygen atoms in total. The first kappa shape index (κ1) is 15.4. The van der Waals surface area contributed by atoms with Crippen molar-refractivity contribution < 1.29 is 0 Å². The highest BCUT2D eigenvalue weighted by atomic mass is 32.2. The van der Waals surface area contributed by atoms with Gasteiger partial charge in [0, 0.05) is 12.3 Å². The number of hydrogen-bond acceptors (Lipinski definition) is 6. The third-order valence-corrected chi connectivity index (χ3v) is 3.45. The summed E-state index contributed by atoms with van der Waals surface area (Å²) in [5.74, 6) is 1.06. The number of nitrogens with zero attached hydrogens (tertiary/aromatic N) is 5. The third kappa shape index (κ3) is 6.32. The zero-order valence-corrected chi connectivity index (χ0v) is 12.4. The summed E-state index contributed by atoms with van der Waals surface area (Å²) in [6.45, 7) is 6.07. The maximum absolute atomic E-state index is 4.06. The second-order valence-corrected chi connectivity index (χ2v) is 5.50. The lowest BCUT2D eigenvalue weighted by Gasteiger charge is -2.08. The molecule has 104 valence electrons. The van der Waals surface area contributed by atoms with Crippen molar-refractivity contribution in [2.75, 3.05) is 39.5 Å². The molecule has 0 aliphatic carbocycles. The smallest absolute Gasteiger partial charge is 0.209 e. The van der Waals surface area contributed by atoms with Gasteiger partial charge in [-0.2, -0.15) is 0 Å². The van der Waals surface area contributed by atoms with Gasteiger partial charge in [0.15, 0.2) is 0 Å². The van der Waals surface area contributed by atoms with Crippen molar-refractivity contribution in [1.82, 2.24) is 30.4 Å². The van der Waals surface area contributed by atoms with Crippen LogP contribution in [0.15, 0.2) is 5.16 Å². The molecule has 0 saturated heterocycles. The van der Waals surface area contributed by atoms with E-state index in [9.17, 15) is 0 Å². The average molecular weight is 272 g/mol. The first-order valence-corrected chi connectivity index (χ1v) is 7.47. The summed E-state index contributed by atoms with van der Waals surface area (Å²) in [4.78, 5) is 2.19. The van der Waals surface area contributed by atoms with Gasteiger partial charge in [0.2, 0.25) is 5.16 Å². The largest absolute Gasteiger partial charge is 0.315 e. The van der Waals surface area contributed by atoms with Gasteiger partial charge >= 0.3 is 0 Å². The van der Waals surface area contributed by atoms with E-state index in [0.717, 1.165) is 49.9 Å². The van der Waals surface area contributed by atoms with Gasteiger partial charge in [0.25, 0.3) is 0 Å². The monoisotopic (exact) mass is 272 g/mol. The maximum Gasteiger partial charge on any atom is 0.209 e. The van der Waals surface area contributed by atoms with Crippen LogP contribution in [0.4, 0.5) is 0 Å². The molecule has 1 aromatic heterocycles. The van der Waals surface area contributed by atoms with E-state index in [-0.39, 0.29) is 0 Å². The van der Waals surface area contributed by atoms with Crippen molar-refractivity contribution in [3.63, 3.8) is 0 Å². The molecule has 18 heavy (non-hydrogen) atoms. The van der Waals surface area contributed by atoms with E-state index in [0.29, 0.717) is 0 Å². The van der Waals surface area contributed by atoms with Crippen LogP contribution in [0.3, 0.4) is 0 Å². The van der Waals surface area contributed by atoms with E-state index in [1.165, 1.54) is 0 Å². The summed E-state index contributed by atoms with van der Waals surface area (Å²) in [6.07, 6.45) is 2.31. The molecule has 1 aromatic rings. The minimum atomic E-state index is 0.836. The number of hydrogen-bond donors (Lipinski definition) is 1. The summed E-state index contributed by atoms with van der Waals surface area (Å²) in [5, 5.41) is 16.1. The lowest BCUT2D eigenvalue weighted by Crippen LogP contribution is -2.21. The number of rotatable bonds is 10. The summed E-state index contributed by atoms with van der Waals surface area (Å²) >= 11 is 1.73. The molecule has 0 aliphatic heterocycles. The molecule has 0 aromatic carbocycles. The summed E-state index contributed by atoms with van der Waals surface area (Å²) in [7, 11) is 4.18. The SMILES string of the molecule is CCCNCCn1nnnc1SCCCN(C)C. The molecule has 0 fully saturated rings. The average Bonchev–Trinajstić information content (AvgIpc) is 2.78. The Balaban J connectivity index is 2.22. The molecular formula is C11H24N6S. The summed E-state index contributed by atoms with van der Waals surface area (Å²) < 4.78 is 1.88. The van der Waals surface area contributed by atoms with E-state index in [2.05, 4.69) is 46.8 Å². The number of nitrogens with one attached hydrogen (secondary N) is 1. The van der Waals surface area contributed by atoms with Crippen LogP contribution in [-0.2, 0) is 6.54 Å². The normalized spacial score (nSPS) is 11.3. The minimum Gasteiger partial charge on any atom is -0.315 e. The van der Waals surface area contributed by atoms with Crippen LogP contribution in [0, 0.1) is 0 Å². The second-order valence-electron chi connectivity index (χ2n) is 4.44. The Kier molecular flexibility index (Phi) is 7.95. The Morgan fingerprint density at radius 2 is 2.17 bits per heavy atom. The Labute approximate surface area is 113 Å². The fourth-order valence-electron chi connectivity index (χ4n) is 1.47. The highest BCUT2D eigenvalue weighted by Crippen LogP contribution is 2.14. The van der Waals surface area contributed by atoms with Crippen LogP contribution in [-0.4, -0.2) is 64.6 Å². The van der Waals surface area contributed by atoms with E-state index in [1.807, 2.05) is 4.68 Å². The van der Waals surface area contributed by atoms with Crippen molar-refractivity contribution in [3.8, 4) is 0 Å². The molecular weight excluding hydrogens is 248 g/mol. The van der Waals surface area contributed by atoms with Gasteiger partial charge in [0.05, 0.1) is 6.54 Å². The summed E-state index contributed by atoms with van der Waals surface area (Å²) in [5.41, 5.74) is 0. The fourth-order valence-corrected chi connectivity index (χ4v) is 2.30. The van der Waals surface area contributed by atoms with Gasteiger partial charge in [-0.05, 0) is 50.5 Å². The topological polar surface area (TPSA) is 58.9 Å². The first-order valence-electron chi connectivity index (χ1n) is 6.48. The zero-order valence-electron chi connectivity index (χ0n) is 11.6. The molecule has 0 aliphatic rings. The van der Waals surface area contributed by atoms with Crippen molar-refractivity contribution >= 4 is 11.8 Å². The Hall–Kier alpha value is -0.660. The van der Waals surface area contributed by atoms with Crippen LogP contribution in [0.1, 0.15) is 19.8 Å². The van der Waals surface area contributed by atoms with Gasteiger partial charge in [0.1, 0.15) is 0 Å². The maximum atomic E-state index is 4.06. The van der Waals surface area contributed by atoms with Crippen LogP contribution >= 0.6 is 11.8 Å². The first-order chi connectivity index (χ1) is 8.74. The zero-order chi connectivity index (χ0) is 13.2. The fraction of sp³-hybridized carbons (Fsp3) is 0.909. The molecule has 0 saturated carbocycles. The van der Waals surface area contributed by atoms with Crippen LogP contribution in [0.2, 0.25) is 0 Å². The van der Waals surface area contributed by atoms with Gasteiger partial charge in [-0.15, -0.1) is 5.10 Å². The number of thioether (sulfide) groups is 1. The number of tetrazole rings is 1. The van der Waals surface area contributed by atoms with Gasteiger partial charge in [-0.3, -0.25) is 0 Å². The van der Waals surface area contributed by atoms with E-state index >= 15 is 0 Å². The van der Waals surface area contributed by atoms with Gasteiger partial charge in [-0.1, -0.05) is 18.7 Å². The van der Waals surface area contributed by atoms with Crippen molar-refractivity contribution in [3.05, 3.63) is 0 Å². The van der Waals surface area contributed by atoms with Crippen LogP contribution in [0.25, 0.3) is 0 Å². The van der Waals surface area contributed by atoms with E-state index < -0.39 is 0 Å². The molecule has 0 bridgehead atoms. The molecule has 7 heteroatoms. The Bertz CT molecular complexity index is 314. The van der Waals surface area contributed by atoms with E-state index in [1.54, 1.807) is 11.8 Å². The Morgan fingerprint density at radius 3 is 2.89 bits per heavy atom. The molecule has 1 N–H and O–H groups in total. The minimum absolute atomic E-state index is 0.836.